The fraction of sp³-hybridized carbons (Fsp3) is 0.278. The smallest absolute Gasteiger partial charge is 0.257 e. The second kappa shape index (κ2) is 7.86. The van der Waals surface area contributed by atoms with Crippen LogP contribution in [0.15, 0.2) is 23.0 Å². The van der Waals surface area contributed by atoms with Gasteiger partial charge in [0.15, 0.2) is 5.75 Å². The quantitative estimate of drug-likeness (QED) is 0.712. The Balaban J connectivity index is 2.02. The molecule has 0 saturated heterocycles. The number of rotatable bonds is 5. The average molecular weight is 426 g/mol. The van der Waals surface area contributed by atoms with E-state index in [1.807, 2.05) is 0 Å². The second-order valence-corrected chi connectivity index (χ2v) is 6.89. The molecule has 1 unspecified atom stereocenters. The Labute approximate surface area is 170 Å². The molecule has 7 nitrogen and oxygen atoms in total. The minimum atomic E-state index is -0.839. The minimum Gasteiger partial charge on any atom is -0.503 e. The number of aromatic nitrogens is 1. The third-order valence-electron chi connectivity index (χ3n) is 4.53. The Morgan fingerprint density at radius 3 is 2.86 bits per heavy atom. The highest BCUT2D eigenvalue weighted by molar-refractivity contribution is 7.79. The molecule has 148 valence electrons. The maximum atomic E-state index is 13.3. The standard InChI is InChI=1S/C18H17ClFN3O4S/c1-22-7-13(27-2)15-14(17(25)16(24)12(8-28)23(15)22)18(26)21-6-9-3-4-11(20)10(19)5-9/h3-5,8,13,24H,6-7H2,1-2H3,(H,21,26). The molecule has 0 aliphatic carbocycles. The summed E-state index contributed by atoms with van der Waals surface area (Å²) in [4.78, 5) is 25.5. The molecule has 1 aromatic heterocycles. The van der Waals surface area contributed by atoms with E-state index in [-0.39, 0.29) is 22.8 Å². The van der Waals surface area contributed by atoms with Crippen LogP contribution in [0.4, 0.5) is 4.39 Å². The highest BCUT2D eigenvalue weighted by atomic mass is 35.5. The van der Waals surface area contributed by atoms with Gasteiger partial charge in [-0.05, 0) is 17.7 Å². The Morgan fingerprint density at radius 1 is 1.54 bits per heavy atom. The van der Waals surface area contributed by atoms with Gasteiger partial charge < -0.3 is 20.2 Å². The number of ether oxygens (including phenoxy) is 1. The number of aromatic hydroxyl groups is 1. The van der Waals surface area contributed by atoms with Crippen molar-refractivity contribution in [3.8, 4) is 5.75 Å². The third kappa shape index (κ3) is 3.36. The summed E-state index contributed by atoms with van der Waals surface area (Å²) in [6, 6.07) is 4.04. The SMILES string of the molecule is COC1CN(C)n2c(C=S)c(O)c(=O)c(C(=O)NCc3ccc(F)c(Cl)c3)c21. The summed E-state index contributed by atoms with van der Waals surface area (Å²) < 4.78 is 20.2. The average Bonchev–Trinajstić information content (AvgIpc) is 2.99. The van der Waals surface area contributed by atoms with Gasteiger partial charge in [-0.3, -0.25) is 14.3 Å². The summed E-state index contributed by atoms with van der Waals surface area (Å²) in [5, 5.41) is 15.7. The van der Waals surface area contributed by atoms with Crippen LogP contribution in [-0.4, -0.2) is 41.8 Å². The number of benzene rings is 1. The predicted octanol–water partition coefficient (Wildman–Crippen LogP) is 1.89. The maximum Gasteiger partial charge on any atom is 0.257 e. The minimum absolute atomic E-state index is 0.0148. The number of pyridine rings is 1. The van der Waals surface area contributed by atoms with Crippen LogP contribution in [0.2, 0.25) is 5.02 Å². The van der Waals surface area contributed by atoms with Gasteiger partial charge in [-0.2, -0.15) is 0 Å². The van der Waals surface area contributed by atoms with E-state index in [0.29, 0.717) is 17.8 Å². The first kappa shape index (κ1) is 20.2. The Bertz CT molecular complexity index is 1030. The van der Waals surface area contributed by atoms with E-state index in [2.05, 4.69) is 5.32 Å². The Kier molecular flexibility index (Phi) is 5.69. The van der Waals surface area contributed by atoms with E-state index in [0.717, 1.165) is 0 Å². The van der Waals surface area contributed by atoms with E-state index >= 15 is 0 Å². The first-order valence-corrected chi connectivity index (χ1v) is 9.08. The van der Waals surface area contributed by atoms with Crippen molar-refractivity contribution in [3.63, 3.8) is 0 Å². The van der Waals surface area contributed by atoms with Crippen LogP contribution in [0.25, 0.3) is 0 Å². The van der Waals surface area contributed by atoms with E-state index in [9.17, 15) is 19.1 Å². The number of nitrogens with zero attached hydrogens (tertiary/aromatic N) is 2. The molecule has 1 aliphatic heterocycles. The van der Waals surface area contributed by atoms with Gasteiger partial charge in [-0.1, -0.05) is 29.9 Å². The van der Waals surface area contributed by atoms with Gasteiger partial charge in [-0.25, -0.2) is 4.39 Å². The number of methoxy groups -OCH3 is 1. The lowest BCUT2D eigenvalue weighted by atomic mass is 10.1. The maximum absolute atomic E-state index is 13.3. The second-order valence-electron chi connectivity index (χ2n) is 6.25. The van der Waals surface area contributed by atoms with Crippen molar-refractivity contribution < 1.29 is 19.0 Å². The summed E-state index contributed by atoms with van der Waals surface area (Å²) in [5.41, 5.74) is -0.106. The fourth-order valence-electron chi connectivity index (χ4n) is 3.19. The zero-order chi connectivity index (χ0) is 20.6. The van der Waals surface area contributed by atoms with Gasteiger partial charge in [-0.15, -0.1) is 0 Å². The molecular weight excluding hydrogens is 409 g/mol. The van der Waals surface area contributed by atoms with Gasteiger partial charge in [0.25, 0.3) is 5.91 Å². The van der Waals surface area contributed by atoms with Crippen LogP contribution in [0.1, 0.15) is 33.4 Å². The van der Waals surface area contributed by atoms with Gasteiger partial charge in [0.1, 0.15) is 23.2 Å². The van der Waals surface area contributed by atoms with Crippen molar-refractivity contribution in [2.75, 3.05) is 25.7 Å². The fourth-order valence-corrected chi connectivity index (χ4v) is 3.61. The first-order valence-electron chi connectivity index (χ1n) is 8.23. The molecule has 28 heavy (non-hydrogen) atoms. The molecular formula is C18H17ClFN3O4S. The monoisotopic (exact) mass is 425 g/mol. The molecule has 3 rings (SSSR count). The van der Waals surface area contributed by atoms with Crippen LogP contribution in [0, 0.1) is 5.82 Å². The topological polar surface area (TPSA) is 83.8 Å². The van der Waals surface area contributed by atoms with Crippen molar-refractivity contribution in [3.05, 3.63) is 61.8 Å². The molecule has 2 N–H and O–H groups in total. The van der Waals surface area contributed by atoms with E-state index in [1.165, 1.54) is 35.4 Å². The normalized spacial score (nSPS) is 15.4. The molecule has 1 amide bonds. The molecule has 0 radical (unpaired) electrons. The Morgan fingerprint density at radius 2 is 2.25 bits per heavy atom. The number of carbonyl (C=O) groups is 1. The predicted molar refractivity (Wildman–Crippen MR) is 106 cm³/mol. The van der Waals surface area contributed by atoms with Crippen molar-refractivity contribution in [2.24, 2.45) is 0 Å². The Hall–Kier alpha value is -2.49. The summed E-state index contributed by atoms with van der Waals surface area (Å²) in [5.74, 6) is -1.88. The van der Waals surface area contributed by atoms with Crippen LogP contribution in [0.3, 0.4) is 0 Å². The zero-order valence-electron chi connectivity index (χ0n) is 15.0. The number of thiocarbonyl (C=S) groups is 1. The number of fused-ring (bicyclic) bond motifs is 1. The number of halogens is 2. The molecule has 1 aliphatic rings. The van der Waals surface area contributed by atoms with Crippen molar-refractivity contribution >= 4 is 35.1 Å². The molecule has 10 heteroatoms. The van der Waals surface area contributed by atoms with Crippen LogP contribution < -0.4 is 15.8 Å². The van der Waals surface area contributed by atoms with Crippen molar-refractivity contribution in [1.82, 2.24) is 9.99 Å². The van der Waals surface area contributed by atoms with Gasteiger partial charge in [0.2, 0.25) is 5.43 Å². The number of likely N-dealkylation sites (N-methyl/N-ethyl adjacent to an activating group) is 1. The highest BCUT2D eigenvalue weighted by Gasteiger charge is 2.36. The summed E-state index contributed by atoms with van der Waals surface area (Å²) in [6.07, 6.45) is -0.562. The number of hydrogen-bond acceptors (Lipinski definition) is 6. The first-order chi connectivity index (χ1) is 13.3. The summed E-state index contributed by atoms with van der Waals surface area (Å²) in [6.45, 7) is 0.379. The molecule has 2 heterocycles. The van der Waals surface area contributed by atoms with Crippen molar-refractivity contribution in [1.29, 1.82) is 0 Å². The number of carbonyl (C=O) groups excluding carboxylic acids is 1. The molecule has 0 saturated carbocycles. The van der Waals surface area contributed by atoms with Gasteiger partial charge in [0, 0.05) is 26.1 Å². The van der Waals surface area contributed by atoms with Gasteiger partial charge >= 0.3 is 0 Å². The van der Waals surface area contributed by atoms with Crippen LogP contribution >= 0.6 is 23.8 Å². The lowest BCUT2D eigenvalue weighted by Gasteiger charge is -2.20. The van der Waals surface area contributed by atoms with Crippen molar-refractivity contribution in [2.45, 2.75) is 12.6 Å². The number of amides is 1. The molecule has 1 aromatic carbocycles. The number of hydrogen-bond donors (Lipinski definition) is 2. The largest absolute Gasteiger partial charge is 0.503 e. The summed E-state index contributed by atoms with van der Waals surface area (Å²) in [7, 11) is 3.18. The molecule has 0 spiro atoms. The molecule has 0 fully saturated rings. The van der Waals surface area contributed by atoms with E-state index in [1.54, 1.807) is 12.1 Å². The molecule has 1 atom stereocenters. The van der Waals surface area contributed by atoms with Gasteiger partial charge in [0.05, 0.1) is 17.3 Å². The lowest BCUT2D eigenvalue weighted by molar-refractivity contribution is 0.0926. The van der Waals surface area contributed by atoms with Crippen LogP contribution in [0.5, 0.6) is 5.75 Å². The molecule has 2 aromatic rings. The number of nitrogens with one attached hydrogen (secondary N) is 1. The van der Waals surface area contributed by atoms with E-state index < -0.39 is 29.0 Å². The zero-order valence-corrected chi connectivity index (χ0v) is 16.6. The molecule has 0 bridgehead atoms. The highest BCUT2D eigenvalue weighted by Crippen LogP contribution is 2.30. The van der Waals surface area contributed by atoms with Crippen LogP contribution in [-0.2, 0) is 11.3 Å². The third-order valence-corrected chi connectivity index (χ3v) is 5.05. The van der Waals surface area contributed by atoms with E-state index in [4.69, 9.17) is 28.6 Å². The summed E-state index contributed by atoms with van der Waals surface area (Å²) >= 11 is 10.7. The lowest BCUT2D eigenvalue weighted by Crippen LogP contribution is -2.35.